The predicted molar refractivity (Wildman–Crippen MR) is 90.3 cm³/mol. The normalized spacial score (nSPS) is 19.9. The molecule has 2 aromatic rings. The number of likely N-dealkylation sites (tertiary alicyclic amines) is 1. The Balaban J connectivity index is 1.47. The van der Waals surface area contributed by atoms with E-state index in [4.69, 9.17) is 4.42 Å². The van der Waals surface area contributed by atoms with Crippen LogP contribution in [0, 0.1) is 0 Å². The van der Waals surface area contributed by atoms with E-state index in [0.29, 0.717) is 12.0 Å². The minimum Gasteiger partial charge on any atom is -0.424 e. The summed E-state index contributed by atoms with van der Waals surface area (Å²) in [6.07, 6.45) is 8.48. The van der Waals surface area contributed by atoms with E-state index in [0.717, 1.165) is 38.0 Å². The van der Waals surface area contributed by atoms with Crippen LogP contribution in [0.3, 0.4) is 0 Å². The van der Waals surface area contributed by atoms with Gasteiger partial charge < -0.3 is 9.32 Å². The van der Waals surface area contributed by atoms with Gasteiger partial charge in [-0.2, -0.15) is 0 Å². The molecule has 6 nitrogen and oxygen atoms in total. The van der Waals surface area contributed by atoms with Crippen LogP contribution >= 0.6 is 0 Å². The zero-order valence-corrected chi connectivity index (χ0v) is 14.3. The van der Waals surface area contributed by atoms with Gasteiger partial charge in [-0.15, -0.1) is 10.2 Å². The molecule has 3 heterocycles. The quantitative estimate of drug-likeness (QED) is 0.812. The molecule has 4 rings (SSSR count). The van der Waals surface area contributed by atoms with Crippen molar-refractivity contribution in [3.05, 3.63) is 41.9 Å². The second-order valence-corrected chi connectivity index (χ2v) is 7.10. The Morgan fingerprint density at radius 3 is 2.54 bits per heavy atom. The molecule has 1 aliphatic carbocycles. The zero-order chi connectivity index (χ0) is 16.4. The van der Waals surface area contributed by atoms with Crippen LogP contribution in [0.15, 0.2) is 28.9 Å². The van der Waals surface area contributed by atoms with Gasteiger partial charge in [-0.3, -0.25) is 9.88 Å². The van der Waals surface area contributed by atoms with Crippen molar-refractivity contribution >= 4 is 0 Å². The Kier molecular flexibility index (Phi) is 4.58. The lowest BCUT2D eigenvalue weighted by molar-refractivity contribution is 0.0989. The number of hydrogen-bond acceptors (Lipinski definition) is 6. The molecule has 128 valence electrons. The standard InChI is InChI=1S/C18H25N5O/c1-22-10-6-16(7-11-22)23(12-14-4-8-19-9-5-14)13-17-20-21-18(24-17)15-2-3-15/h4-5,8-9,15-16H,2-3,6-7,10-13H2,1H3. The van der Waals surface area contributed by atoms with Crippen molar-refractivity contribution in [1.29, 1.82) is 0 Å². The number of nitrogens with zero attached hydrogens (tertiary/aromatic N) is 5. The molecule has 6 heteroatoms. The van der Waals surface area contributed by atoms with E-state index >= 15 is 0 Å². The lowest BCUT2D eigenvalue weighted by Crippen LogP contribution is -2.43. The molecular formula is C18H25N5O. The third kappa shape index (κ3) is 3.82. The van der Waals surface area contributed by atoms with Crippen molar-refractivity contribution in [3.8, 4) is 0 Å². The van der Waals surface area contributed by atoms with Crippen LogP contribution in [0.25, 0.3) is 0 Å². The maximum Gasteiger partial charge on any atom is 0.230 e. The zero-order valence-electron chi connectivity index (χ0n) is 14.3. The Hall–Kier alpha value is -1.79. The van der Waals surface area contributed by atoms with E-state index in [1.165, 1.54) is 31.2 Å². The van der Waals surface area contributed by atoms with Crippen LogP contribution < -0.4 is 0 Å². The number of hydrogen-bond donors (Lipinski definition) is 0. The molecule has 24 heavy (non-hydrogen) atoms. The Morgan fingerprint density at radius 1 is 1.08 bits per heavy atom. The predicted octanol–water partition coefficient (Wildman–Crippen LogP) is 2.44. The Labute approximate surface area is 142 Å². The van der Waals surface area contributed by atoms with Crippen LogP contribution in [0.5, 0.6) is 0 Å². The molecule has 0 N–H and O–H groups in total. The summed E-state index contributed by atoms with van der Waals surface area (Å²) in [6.45, 7) is 3.93. The highest BCUT2D eigenvalue weighted by atomic mass is 16.4. The smallest absolute Gasteiger partial charge is 0.230 e. The molecule has 0 unspecified atom stereocenters. The molecule has 0 aromatic carbocycles. The topological polar surface area (TPSA) is 58.3 Å². The van der Waals surface area contributed by atoms with Crippen molar-refractivity contribution in [3.63, 3.8) is 0 Å². The molecule has 0 bridgehead atoms. The van der Waals surface area contributed by atoms with Crippen molar-refractivity contribution < 1.29 is 4.42 Å². The van der Waals surface area contributed by atoms with Gasteiger partial charge in [-0.1, -0.05) is 0 Å². The van der Waals surface area contributed by atoms with Crippen molar-refractivity contribution in [2.75, 3.05) is 20.1 Å². The molecular weight excluding hydrogens is 302 g/mol. The number of piperidine rings is 1. The molecule has 0 radical (unpaired) electrons. The number of rotatable bonds is 6. The fraction of sp³-hybridized carbons (Fsp3) is 0.611. The second-order valence-electron chi connectivity index (χ2n) is 7.10. The first kappa shape index (κ1) is 15.7. The minimum atomic E-state index is 0.517. The van der Waals surface area contributed by atoms with Crippen LogP contribution in [-0.4, -0.2) is 51.2 Å². The van der Waals surface area contributed by atoms with Gasteiger partial charge in [0.15, 0.2) is 0 Å². The summed E-state index contributed by atoms with van der Waals surface area (Å²) in [4.78, 5) is 9.02. The fourth-order valence-electron chi connectivity index (χ4n) is 3.40. The molecule has 0 amide bonds. The molecule has 1 saturated heterocycles. The van der Waals surface area contributed by atoms with Crippen LogP contribution in [0.4, 0.5) is 0 Å². The first-order valence-electron chi connectivity index (χ1n) is 8.91. The summed E-state index contributed by atoms with van der Waals surface area (Å²) in [5.41, 5.74) is 1.28. The molecule has 2 aliphatic rings. The van der Waals surface area contributed by atoms with Gasteiger partial charge in [-0.25, -0.2) is 0 Å². The van der Waals surface area contributed by atoms with Gasteiger partial charge in [0.05, 0.1) is 6.54 Å². The van der Waals surface area contributed by atoms with Crippen molar-refractivity contribution in [1.82, 2.24) is 25.0 Å². The SMILES string of the molecule is CN1CCC(N(Cc2ccncc2)Cc2nnc(C3CC3)o2)CC1. The van der Waals surface area contributed by atoms with Crippen molar-refractivity contribution in [2.45, 2.75) is 50.7 Å². The van der Waals surface area contributed by atoms with Gasteiger partial charge in [0.2, 0.25) is 11.8 Å². The molecule has 0 spiro atoms. The molecule has 1 saturated carbocycles. The summed E-state index contributed by atoms with van der Waals surface area (Å²) in [5, 5.41) is 8.52. The van der Waals surface area contributed by atoms with Gasteiger partial charge >= 0.3 is 0 Å². The molecule has 2 aromatic heterocycles. The molecule has 1 aliphatic heterocycles. The first-order valence-corrected chi connectivity index (χ1v) is 8.91. The average molecular weight is 327 g/mol. The lowest BCUT2D eigenvalue weighted by Gasteiger charge is -2.36. The van der Waals surface area contributed by atoms with Crippen LogP contribution in [-0.2, 0) is 13.1 Å². The number of pyridine rings is 1. The van der Waals surface area contributed by atoms with E-state index in [2.05, 4.69) is 44.2 Å². The molecule has 0 atom stereocenters. The van der Waals surface area contributed by atoms with Gasteiger partial charge in [0.1, 0.15) is 0 Å². The summed E-state index contributed by atoms with van der Waals surface area (Å²) in [7, 11) is 2.20. The lowest BCUT2D eigenvalue weighted by atomic mass is 10.0. The minimum absolute atomic E-state index is 0.517. The summed E-state index contributed by atoms with van der Waals surface area (Å²) >= 11 is 0. The maximum atomic E-state index is 5.90. The number of aromatic nitrogens is 3. The average Bonchev–Trinajstić information content (AvgIpc) is 3.36. The van der Waals surface area contributed by atoms with E-state index < -0.39 is 0 Å². The van der Waals surface area contributed by atoms with E-state index in [1.807, 2.05) is 12.4 Å². The van der Waals surface area contributed by atoms with Gasteiger partial charge in [0.25, 0.3) is 0 Å². The second kappa shape index (κ2) is 6.99. The fourth-order valence-corrected chi connectivity index (χ4v) is 3.40. The third-order valence-electron chi connectivity index (χ3n) is 5.09. The largest absolute Gasteiger partial charge is 0.424 e. The van der Waals surface area contributed by atoms with E-state index in [1.54, 1.807) is 0 Å². The van der Waals surface area contributed by atoms with Crippen LogP contribution in [0.1, 0.15) is 48.9 Å². The molecule has 2 fully saturated rings. The highest BCUT2D eigenvalue weighted by molar-refractivity contribution is 5.10. The van der Waals surface area contributed by atoms with Gasteiger partial charge in [-0.05, 0) is 63.5 Å². The Bertz CT molecular complexity index is 646. The van der Waals surface area contributed by atoms with E-state index in [-0.39, 0.29) is 0 Å². The van der Waals surface area contributed by atoms with E-state index in [9.17, 15) is 0 Å². The van der Waals surface area contributed by atoms with Crippen LogP contribution in [0.2, 0.25) is 0 Å². The maximum absolute atomic E-state index is 5.90. The first-order chi connectivity index (χ1) is 11.8. The van der Waals surface area contributed by atoms with Gasteiger partial charge in [0, 0.05) is 30.9 Å². The monoisotopic (exact) mass is 327 g/mol. The summed E-state index contributed by atoms with van der Waals surface area (Å²) < 4.78 is 5.90. The summed E-state index contributed by atoms with van der Waals surface area (Å²) in [5.74, 6) is 2.10. The van der Waals surface area contributed by atoms with Crippen molar-refractivity contribution in [2.24, 2.45) is 0 Å². The highest BCUT2D eigenvalue weighted by Crippen LogP contribution is 2.39. The summed E-state index contributed by atoms with van der Waals surface area (Å²) in [6, 6.07) is 4.74. The highest BCUT2D eigenvalue weighted by Gasteiger charge is 2.30. The Morgan fingerprint density at radius 2 is 1.83 bits per heavy atom. The third-order valence-corrected chi connectivity index (χ3v) is 5.09.